The van der Waals surface area contributed by atoms with E-state index in [1.54, 1.807) is 0 Å². The molecule has 0 fully saturated rings. The van der Waals surface area contributed by atoms with Crippen molar-refractivity contribution in [2.75, 3.05) is 10.2 Å². The summed E-state index contributed by atoms with van der Waals surface area (Å²) in [6.07, 6.45) is 0.294. The molecule has 0 aromatic heterocycles. The molecule has 0 aliphatic carbocycles. The van der Waals surface area contributed by atoms with Crippen molar-refractivity contribution in [3.63, 3.8) is 0 Å². The number of fused-ring (bicyclic) bond motifs is 1. The summed E-state index contributed by atoms with van der Waals surface area (Å²) >= 11 is 0. The zero-order valence-corrected chi connectivity index (χ0v) is 15.1. The third-order valence-electron chi connectivity index (χ3n) is 3.54. The number of hydrogen-bond donors (Lipinski definition) is 1. The van der Waals surface area contributed by atoms with E-state index < -0.39 is 0 Å². The molecule has 1 atom stereocenters. The molecule has 1 aliphatic rings. The molecule has 3 rings (SSSR count). The average molecular weight is 298 g/mol. The molecule has 0 saturated carbocycles. The fraction of sp³-hybridized carbons (Fsp3) is 0.400. The Bertz CT molecular complexity index is 590. The number of para-hydroxylation sites is 2. The Labute approximate surface area is 136 Å². The van der Waals surface area contributed by atoms with Crippen LogP contribution < -0.4 is 10.2 Å². The lowest BCUT2D eigenvalue weighted by Gasteiger charge is -2.26. The Kier molecular flexibility index (Phi) is 6.97. The highest BCUT2D eigenvalue weighted by Crippen LogP contribution is 2.40. The maximum Gasteiger partial charge on any atom is 0.101 e. The van der Waals surface area contributed by atoms with Gasteiger partial charge in [-0.25, -0.2) is 0 Å². The molecule has 1 unspecified atom stereocenters. The minimum Gasteiger partial charge on any atom is -0.363 e. The molecule has 0 amide bonds. The molecule has 22 heavy (non-hydrogen) atoms. The van der Waals surface area contributed by atoms with Gasteiger partial charge in [0.2, 0.25) is 0 Å². The molecule has 120 valence electrons. The summed E-state index contributed by atoms with van der Waals surface area (Å²) in [6, 6.07) is 15.1. The van der Waals surface area contributed by atoms with E-state index in [0.717, 1.165) is 0 Å². The molecule has 1 aliphatic heterocycles. The molecule has 0 saturated heterocycles. The van der Waals surface area contributed by atoms with Crippen LogP contribution in [0, 0.1) is 13.8 Å². The summed E-state index contributed by atoms with van der Waals surface area (Å²) < 4.78 is 0. The van der Waals surface area contributed by atoms with Crippen molar-refractivity contribution in [2.45, 2.75) is 54.6 Å². The smallest absolute Gasteiger partial charge is 0.101 e. The molecular formula is C20H30N2. The Balaban J connectivity index is 0.000000561. The van der Waals surface area contributed by atoms with Gasteiger partial charge in [-0.15, -0.1) is 0 Å². The van der Waals surface area contributed by atoms with E-state index in [1.165, 1.54) is 28.2 Å². The molecule has 0 radical (unpaired) electrons. The van der Waals surface area contributed by atoms with E-state index in [0.29, 0.717) is 6.17 Å². The highest BCUT2D eigenvalue weighted by atomic mass is 15.3. The maximum atomic E-state index is 3.52. The molecule has 0 bridgehead atoms. The standard InChI is InChI=1S/C16H18N2.2C2H6/c1-11-8-9-12(2)16(10-11)18-13(3)17-14-6-4-5-7-15(14)18;2*1-2/h4-10,13,17H,1-3H3;2*1-2H3. The largest absolute Gasteiger partial charge is 0.363 e. The first-order valence-corrected chi connectivity index (χ1v) is 8.39. The van der Waals surface area contributed by atoms with Gasteiger partial charge in [0, 0.05) is 5.69 Å². The normalized spacial score (nSPS) is 14.9. The average Bonchev–Trinajstić information content (AvgIpc) is 2.89. The minimum absolute atomic E-state index is 0.294. The first-order valence-electron chi connectivity index (χ1n) is 8.39. The summed E-state index contributed by atoms with van der Waals surface area (Å²) in [4.78, 5) is 2.37. The van der Waals surface area contributed by atoms with Gasteiger partial charge in [-0.1, -0.05) is 52.0 Å². The second-order valence-electron chi connectivity index (χ2n) is 5.00. The van der Waals surface area contributed by atoms with Crippen molar-refractivity contribution in [1.29, 1.82) is 0 Å². The van der Waals surface area contributed by atoms with Crippen molar-refractivity contribution in [2.24, 2.45) is 0 Å². The van der Waals surface area contributed by atoms with E-state index in [4.69, 9.17) is 0 Å². The second kappa shape index (κ2) is 8.47. The Morgan fingerprint density at radius 2 is 1.50 bits per heavy atom. The van der Waals surface area contributed by atoms with Crippen LogP contribution in [0.3, 0.4) is 0 Å². The number of hydrogen-bond acceptors (Lipinski definition) is 2. The third kappa shape index (κ3) is 3.62. The van der Waals surface area contributed by atoms with Crippen LogP contribution in [0.4, 0.5) is 17.1 Å². The molecular weight excluding hydrogens is 268 g/mol. The first-order chi connectivity index (χ1) is 10.7. The number of nitrogens with one attached hydrogen (secondary N) is 1. The number of benzene rings is 2. The highest BCUT2D eigenvalue weighted by molar-refractivity contribution is 5.83. The van der Waals surface area contributed by atoms with Crippen LogP contribution in [-0.4, -0.2) is 6.17 Å². The van der Waals surface area contributed by atoms with E-state index in [9.17, 15) is 0 Å². The lowest BCUT2D eigenvalue weighted by molar-refractivity contribution is 0.839. The van der Waals surface area contributed by atoms with E-state index >= 15 is 0 Å². The van der Waals surface area contributed by atoms with E-state index in [1.807, 2.05) is 27.7 Å². The van der Waals surface area contributed by atoms with Gasteiger partial charge in [0.25, 0.3) is 0 Å². The monoisotopic (exact) mass is 298 g/mol. The van der Waals surface area contributed by atoms with Gasteiger partial charge < -0.3 is 10.2 Å². The van der Waals surface area contributed by atoms with Crippen LogP contribution in [0.2, 0.25) is 0 Å². The second-order valence-corrected chi connectivity index (χ2v) is 5.00. The lowest BCUT2D eigenvalue weighted by Crippen LogP contribution is -2.28. The molecule has 2 aromatic rings. The molecule has 2 nitrogen and oxygen atoms in total. The zero-order valence-electron chi connectivity index (χ0n) is 15.1. The van der Waals surface area contributed by atoms with Crippen molar-refractivity contribution in [3.05, 3.63) is 53.6 Å². The predicted molar refractivity (Wildman–Crippen MR) is 100 cm³/mol. The van der Waals surface area contributed by atoms with Gasteiger partial charge in [0.05, 0.1) is 11.4 Å². The molecule has 1 N–H and O–H groups in total. The fourth-order valence-electron chi connectivity index (χ4n) is 2.62. The van der Waals surface area contributed by atoms with Crippen LogP contribution in [0.1, 0.15) is 45.7 Å². The summed E-state index contributed by atoms with van der Waals surface area (Å²) in [6.45, 7) is 14.5. The predicted octanol–water partition coefficient (Wildman–Crippen LogP) is 6.27. The fourth-order valence-corrected chi connectivity index (χ4v) is 2.62. The first kappa shape index (κ1) is 18.1. The summed E-state index contributed by atoms with van der Waals surface area (Å²) in [5.41, 5.74) is 6.38. The van der Waals surface area contributed by atoms with Gasteiger partial charge in [0.15, 0.2) is 0 Å². The SMILES string of the molecule is CC.CC.Cc1ccc(C)c(N2c3ccccc3NC2C)c1. The zero-order chi connectivity index (χ0) is 16.7. The van der Waals surface area contributed by atoms with Gasteiger partial charge in [-0.3, -0.25) is 0 Å². The summed E-state index contributed by atoms with van der Waals surface area (Å²) in [5, 5.41) is 3.52. The summed E-state index contributed by atoms with van der Waals surface area (Å²) in [7, 11) is 0. The number of aryl methyl sites for hydroxylation is 2. The number of nitrogens with zero attached hydrogens (tertiary/aromatic N) is 1. The van der Waals surface area contributed by atoms with Gasteiger partial charge in [0.1, 0.15) is 6.17 Å². The Hall–Kier alpha value is -1.96. The van der Waals surface area contributed by atoms with Crippen molar-refractivity contribution < 1.29 is 0 Å². The van der Waals surface area contributed by atoms with Gasteiger partial charge in [-0.2, -0.15) is 0 Å². The maximum absolute atomic E-state index is 3.52. The number of anilines is 3. The van der Waals surface area contributed by atoms with Crippen molar-refractivity contribution in [1.82, 2.24) is 0 Å². The molecule has 0 spiro atoms. The van der Waals surface area contributed by atoms with Crippen molar-refractivity contribution >= 4 is 17.1 Å². The Morgan fingerprint density at radius 3 is 2.18 bits per heavy atom. The quantitative estimate of drug-likeness (QED) is 0.668. The number of rotatable bonds is 1. The summed E-state index contributed by atoms with van der Waals surface area (Å²) in [5.74, 6) is 0. The lowest BCUT2D eigenvalue weighted by atomic mass is 10.1. The molecule has 2 heteroatoms. The molecule has 1 heterocycles. The van der Waals surface area contributed by atoms with Crippen LogP contribution >= 0.6 is 0 Å². The van der Waals surface area contributed by atoms with E-state index in [-0.39, 0.29) is 0 Å². The minimum atomic E-state index is 0.294. The van der Waals surface area contributed by atoms with Crippen LogP contribution in [0.25, 0.3) is 0 Å². The van der Waals surface area contributed by atoms with Crippen LogP contribution in [0.15, 0.2) is 42.5 Å². The Morgan fingerprint density at radius 1 is 0.864 bits per heavy atom. The van der Waals surface area contributed by atoms with Gasteiger partial charge in [-0.05, 0) is 50.1 Å². The topological polar surface area (TPSA) is 15.3 Å². The van der Waals surface area contributed by atoms with Crippen molar-refractivity contribution in [3.8, 4) is 0 Å². The van der Waals surface area contributed by atoms with Crippen LogP contribution in [0.5, 0.6) is 0 Å². The van der Waals surface area contributed by atoms with Crippen LogP contribution in [-0.2, 0) is 0 Å². The molecule has 2 aromatic carbocycles. The highest BCUT2D eigenvalue weighted by Gasteiger charge is 2.26. The third-order valence-corrected chi connectivity index (χ3v) is 3.54. The van der Waals surface area contributed by atoms with E-state index in [2.05, 4.69) is 73.5 Å². The van der Waals surface area contributed by atoms with Gasteiger partial charge >= 0.3 is 0 Å².